The van der Waals surface area contributed by atoms with Gasteiger partial charge in [-0.15, -0.1) is 0 Å². The Kier molecular flexibility index (Phi) is 7.12. The molecule has 0 aromatic heterocycles. The third-order valence-corrected chi connectivity index (χ3v) is 4.37. The largest absolute Gasteiger partial charge is 0.479 e. The van der Waals surface area contributed by atoms with E-state index >= 15 is 0 Å². The van der Waals surface area contributed by atoms with Crippen molar-refractivity contribution in [1.29, 1.82) is 0 Å². The lowest BCUT2D eigenvalue weighted by Gasteiger charge is -2.14. The fourth-order valence-corrected chi connectivity index (χ4v) is 2.89. The van der Waals surface area contributed by atoms with Gasteiger partial charge in [-0.3, -0.25) is 0 Å². The van der Waals surface area contributed by atoms with E-state index in [2.05, 4.69) is 10.1 Å². The van der Waals surface area contributed by atoms with Crippen LogP contribution in [0.3, 0.4) is 0 Å². The molecule has 8 heteroatoms. The lowest BCUT2D eigenvalue weighted by molar-refractivity contribution is -0.145. The van der Waals surface area contributed by atoms with Crippen LogP contribution in [0.5, 0.6) is 5.75 Å². The number of anilines is 1. The number of hydrogen-bond acceptors (Lipinski definition) is 4. The predicted octanol–water partition coefficient (Wildman–Crippen LogP) is 5.46. The van der Waals surface area contributed by atoms with Gasteiger partial charge in [-0.1, -0.05) is 18.2 Å². The molecule has 162 valence electrons. The van der Waals surface area contributed by atoms with Gasteiger partial charge >= 0.3 is 5.97 Å². The maximum atomic E-state index is 14.6. The Morgan fingerprint density at radius 3 is 2.42 bits per heavy atom. The average Bonchev–Trinajstić information content (AvgIpc) is 2.74. The SMILES string of the molecule is CCOC(=O)COc1ccc(F)c(NCc2cc(-c3cccc(F)c3)ccc2F)c1F. The Balaban J connectivity index is 1.78. The highest BCUT2D eigenvalue weighted by molar-refractivity contribution is 5.71. The molecular formula is C23H19F4NO3. The number of carbonyl (C=O) groups is 1. The van der Waals surface area contributed by atoms with E-state index in [9.17, 15) is 22.4 Å². The quantitative estimate of drug-likeness (QED) is 0.378. The molecule has 3 aromatic carbocycles. The van der Waals surface area contributed by atoms with E-state index in [1.807, 2.05) is 0 Å². The summed E-state index contributed by atoms with van der Waals surface area (Å²) in [5, 5.41) is 2.52. The number of benzene rings is 3. The molecule has 0 bridgehead atoms. The maximum absolute atomic E-state index is 14.6. The van der Waals surface area contributed by atoms with Crippen LogP contribution in [-0.2, 0) is 16.1 Å². The van der Waals surface area contributed by atoms with Crippen molar-refractivity contribution in [3.8, 4) is 16.9 Å². The van der Waals surface area contributed by atoms with E-state index in [-0.39, 0.29) is 24.5 Å². The van der Waals surface area contributed by atoms with Crippen LogP contribution in [0.4, 0.5) is 23.2 Å². The Bertz CT molecular complexity index is 1090. The van der Waals surface area contributed by atoms with Gasteiger partial charge in [0.2, 0.25) is 0 Å². The second-order valence-electron chi connectivity index (χ2n) is 6.50. The zero-order chi connectivity index (χ0) is 22.4. The topological polar surface area (TPSA) is 47.6 Å². The lowest BCUT2D eigenvalue weighted by Crippen LogP contribution is -2.15. The summed E-state index contributed by atoms with van der Waals surface area (Å²) in [4.78, 5) is 11.4. The number of ether oxygens (including phenoxy) is 2. The molecule has 0 saturated heterocycles. The summed E-state index contributed by atoms with van der Waals surface area (Å²) in [5.41, 5.74) is 0.675. The van der Waals surface area contributed by atoms with Crippen LogP contribution < -0.4 is 10.1 Å². The summed E-state index contributed by atoms with van der Waals surface area (Å²) in [5.74, 6) is -4.06. The summed E-state index contributed by atoms with van der Waals surface area (Å²) in [7, 11) is 0. The van der Waals surface area contributed by atoms with Gasteiger partial charge < -0.3 is 14.8 Å². The number of esters is 1. The van der Waals surface area contributed by atoms with Crippen molar-refractivity contribution in [2.24, 2.45) is 0 Å². The molecular weight excluding hydrogens is 414 g/mol. The average molecular weight is 433 g/mol. The molecule has 0 aliphatic rings. The first-order valence-electron chi connectivity index (χ1n) is 9.43. The molecule has 3 aromatic rings. The van der Waals surface area contributed by atoms with Crippen molar-refractivity contribution in [2.75, 3.05) is 18.5 Å². The van der Waals surface area contributed by atoms with Crippen LogP contribution in [0, 0.1) is 23.3 Å². The lowest BCUT2D eigenvalue weighted by atomic mass is 10.0. The molecule has 0 radical (unpaired) electrons. The first-order chi connectivity index (χ1) is 14.9. The van der Waals surface area contributed by atoms with Crippen molar-refractivity contribution < 1.29 is 31.8 Å². The van der Waals surface area contributed by atoms with E-state index < -0.39 is 41.5 Å². The van der Waals surface area contributed by atoms with Crippen molar-refractivity contribution in [1.82, 2.24) is 0 Å². The Morgan fingerprint density at radius 1 is 0.935 bits per heavy atom. The molecule has 3 rings (SSSR count). The molecule has 0 aliphatic carbocycles. The molecule has 0 heterocycles. The zero-order valence-electron chi connectivity index (χ0n) is 16.6. The van der Waals surface area contributed by atoms with Gasteiger partial charge in [0, 0.05) is 12.1 Å². The second-order valence-corrected chi connectivity index (χ2v) is 6.50. The van der Waals surface area contributed by atoms with Crippen LogP contribution in [0.25, 0.3) is 11.1 Å². The number of rotatable bonds is 8. The Labute approximate surface area is 176 Å². The summed E-state index contributed by atoms with van der Waals surface area (Å²) >= 11 is 0. The summed E-state index contributed by atoms with van der Waals surface area (Å²) in [6.45, 7) is 0.965. The standard InChI is InChI=1S/C23H19F4NO3/c1-2-30-21(29)13-31-20-9-8-19(26)23(22(20)27)28-12-16-10-15(6-7-18(16)25)14-4-3-5-17(24)11-14/h3-11,28H,2,12-13H2,1H3. The molecule has 0 spiro atoms. The highest BCUT2D eigenvalue weighted by Crippen LogP contribution is 2.29. The van der Waals surface area contributed by atoms with Gasteiger partial charge in [-0.25, -0.2) is 22.4 Å². The van der Waals surface area contributed by atoms with E-state index in [0.29, 0.717) is 11.1 Å². The van der Waals surface area contributed by atoms with Crippen molar-refractivity contribution in [2.45, 2.75) is 13.5 Å². The van der Waals surface area contributed by atoms with Gasteiger partial charge in [0.25, 0.3) is 0 Å². The van der Waals surface area contributed by atoms with E-state index in [1.54, 1.807) is 13.0 Å². The van der Waals surface area contributed by atoms with E-state index in [4.69, 9.17) is 4.74 Å². The molecule has 0 atom stereocenters. The summed E-state index contributed by atoms with van der Waals surface area (Å²) in [6.07, 6.45) is 0. The highest BCUT2D eigenvalue weighted by Gasteiger charge is 2.17. The van der Waals surface area contributed by atoms with E-state index in [1.165, 1.54) is 36.4 Å². The summed E-state index contributed by atoms with van der Waals surface area (Å²) < 4.78 is 66.3. The second kappa shape index (κ2) is 9.97. The molecule has 1 N–H and O–H groups in total. The first-order valence-corrected chi connectivity index (χ1v) is 9.43. The van der Waals surface area contributed by atoms with Crippen LogP contribution in [-0.4, -0.2) is 19.2 Å². The molecule has 0 aliphatic heterocycles. The van der Waals surface area contributed by atoms with Crippen molar-refractivity contribution >= 4 is 11.7 Å². The fraction of sp³-hybridized carbons (Fsp3) is 0.174. The zero-order valence-corrected chi connectivity index (χ0v) is 16.6. The maximum Gasteiger partial charge on any atom is 0.344 e. The van der Waals surface area contributed by atoms with Crippen LogP contribution in [0.1, 0.15) is 12.5 Å². The minimum atomic E-state index is -1.06. The molecule has 31 heavy (non-hydrogen) atoms. The summed E-state index contributed by atoms with van der Waals surface area (Å²) in [6, 6.07) is 11.9. The molecule has 0 saturated carbocycles. The number of carbonyl (C=O) groups excluding carboxylic acids is 1. The van der Waals surface area contributed by atoms with Crippen molar-refractivity contribution in [3.05, 3.63) is 83.4 Å². The monoisotopic (exact) mass is 433 g/mol. The third kappa shape index (κ3) is 5.53. The van der Waals surface area contributed by atoms with Gasteiger partial charge in [0.15, 0.2) is 18.2 Å². The third-order valence-electron chi connectivity index (χ3n) is 4.37. The van der Waals surface area contributed by atoms with E-state index in [0.717, 1.165) is 12.1 Å². The minimum absolute atomic E-state index is 0.124. The number of hydrogen-bond donors (Lipinski definition) is 1. The Morgan fingerprint density at radius 2 is 1.68 bits per heavy atom. The smallest absolute Gasteiger partial charge is 0.344 e. The number of nitrogens with one attached hydrogen (secondary N) is 1. The van der Waals surface area contributed by atoms with Gasteiger partial charge in [0.05, 0.1) is 6.61 Å². The molecule has 0 fully saturated rings. The molecule has 4 nitrogen and oxygen atoms in total. The fourth-order valence-electron chi connectivity index (χ4n) is 2.89. The highest BCUT2D eigenvalue weighted by atomic mass is 19.1. The van der Waals surface area contributed by atoms with Gasteiger partial charge in [-0.2, -0.15) is 0 Å². The van der Waals surface area contributed by atoms with Gasteiger partial charge in [-0.05, 0) is 54.4 Å². The number of halogens is 4. The normalized spacial score (nSPS) is 10.6. The first kappa shape index (κ1) is 22.1. The minimum Gasteiger partial charge on any atom is -0.479 e. The Hall–Kier alpha value is -3.55. The molecule has 0 amide bonds. The van der Waals surface area contributed by atoms with Crippen molar-refractivity contribution in [3.63, 3.8) is 0 Å². The molecule has 0 unspecified atom stereocenters. The van der Waals surface area contributed by atoms with Crippen LogP contribution >= 0.6 is 0 Å². The predicted molar refractivity (Wildman–Crippen MR) is 108 cm³/mol. The van der Waals surface area contributed by atoms with Gasteiger partial charge in [0.1, 0.15) is 23.1 Å². The van der Waals surface area contributed by atoms with Crippen LogP contribution in [0.2, 0.25) is 0 Å². The van der Waals surface area contributed by atoms with Crippen LogP contribution in [0.15, 0.2) is 54.6 Å².